The number of carbonyl (C=O) groups excluding carboxylic acids is 2. The molecule has 404 valence electrons. The first-order chi connectivity index (χ1) is 32.3. The molecule has 0 aliphatic rings. The maximum Gasteiger partial charge on any atom is 0.460 e. The Hall–Kier alpha value is -4.77. The van der Waals surface area contributed by atoms with Crippen molar-refractivity contribution in [1.29, 1.82) is 0 Å². The molecule has 0 aliphatic heterocycles. The Kier molecular flexibility index (Phi) is 20.5. The minimum Gasteiger partial charge on any atom is -0.491 e. The smallest absolute Gasteiger partial charge is 0.460 e. The standard InChI is InChI=1S/C42H47F19N2O7Si/c1-23(2)71(24(3)4,20-17-35(45,46)36(47,48)37(49,50)38(51,52)39(53,54)40(55,56)41(57,58)42(59,60)61)69-19-18-68-28-14-11-26(12-15-28)33(70-34(65)62-30-16-13-27(43)22-29(30)44)31(67-6)10-8-7-9-25(5)21-32(64)63-66/h7,9,11-16,21-24,31,33,66H,8,10,17-20H2,1-6H3,(H,62,65)(H,63,64)/b9-7+,25-21+/t31-,33-/m0/s1. The van der Waals surface area contributed by atoms with E-state index in [-0.39, 0.29) is 24.2 Å². The van der Waals surface area contributed by atoms with Gasteiger partial charge in [-0.05, 0) is 72.3 Å². The SMILES string of the molecule is CO[C@@H](CC/C=C/C(C)=C/C(=O)NO)[C@@H](OC(=O)Nc1ccc(F)cc1F)c1ccc(OCCO[Si](CCC(F)(F)C(F)(F)C(F)(F)C(F)(F)C(F)(F)C(F)(F)C(F)(F)C(F)(F)F)(C(C)C)C(C)C)cc1. The minimum atomic E-state index is -8.73. The zero-order valence-electron chi connectivity index (χ0n) is 37.9. The van der Waals surface area contributed by atoms with E-state index in [1.807, 2.05) is 0 Å². The van der Waals surface area contributed by atoms with E-state index in [0.29, 0.717) is 11.6 Å². The van der Waals surface area contributed by atoms with Crippen LogP contribution in [-0.2, 0) is 18.7 Å². The summed E-state index contributed by atoms with van der Waals surface area (Å²) in [6, 6.07) is 6.20. The molecule has 0 fully saturated rings. The highest BCUT2D eigenvalue weighted by atomic mass is 28.4. The lowest BCUT2D eigenvalue weighted by Crippen LogP contribution is -2.74. The van der Waals surface area contributed by atoms with E-state index in [1.165, 1.54) is 70.6 Å². The van der Waals surface area contributed by atoms with Crippen molar-refractivity contribution >= 4 is 26.0 Å². The van der Waals surface area contributed by atoms with Crippen LogP contribution in [0.2, 0.25) is 17.1 Å². The van der Waals surface area contributed by atoms with E-state index < -0.39 is 134 Å². The number of halogens is 19. The Morgan fingerprint density at radius 1 is 0.732 bits per heavy atom. The Morgan fingerprint density at radius 3 is 1.73 bits per heavy atom. The molecule has 2 rings (SSSR count). The molecule has 2 aromatic carbocycles. The number of allylic oxidation sites excluding steroid dienone is 3. The Balaban J connectivity index is 2.34. The van der Waals surface area contributed by atoms with E-state index >= 15 is 8.78 Å². The van der Waals surface area contributed by atoms with E-state index in [1.54, 1.807) is 13.0 Å². The quantitative estimate of drug-likeness (QED) is 0.0163. The number of ether oxygens (including phenoxy) is 3. The Morgan fingerprint density at radius 2 is 1.25 bits per heavy atom. The van der Waals surface area contributed by atoms with Gasteiger partial charge in [0.15, 0.2) is 14.4 Å². The highest BCUT2D eigenvalue weighted by molar-refractivity contribution is 6.76. The molecule has 2 amide bonds. The highest BCUT2D eigenvalue weighted by Crippen LogP contribution is 2.64. The largest absolute Gasteiger partial charge is 0.491 e. The molecule has 0 saturated heterocycles. The summed E-state index contributed by atoms with van der Waals surface area (Å²) in [6.45, 7) is 5.58. The molecule has 2 aromatic rings. The van der Waals surface area contributed by atoms with Crippen molar-refractivity contribution in [1.82, 2.24) is 5.48 Å². The predicted octanol–water partition coefficient (Wildman–Crippen LogP) is 13.6. The third-order valence-electron chi connectivity index (χ3n) is 11.0. The molecule has 0 spiro atoms. The van der Waals surface area contributed by atoms with Crippen LogP contribution in [0.3, 0.4) is 0 Å². The minimum absolute atomic E-state index is 0.0195. The maximum atomic E-state index is 15.0. The lowest BCUT2D eigenvalue weighted by atomic mass is 9.88. The van der Waals surface area contributed by atoms with Crippen molar-refractivity contribution in [2.24, 2.45) is 0 Å². The predicted molar refractivity (Wildman–Crippen MR) is 216 cm³/mol. The molecule has 0 heterocycles. The summed E-state index contributed by atoms with van der Waals surface area (Å²) in [5, 5.41) is 10.8. The van der Waals surface area contributed by atoms with Crippen molar-refractivity contribution in [2.75, 3.05) is 25.6 Å². The molecule has 0 bridgehead atoms. The zero-order chi connectivity index (χ0) is 55.0. The third kappa shape index (κ3) is 13.5. The first kappa shape index (κ1) is 62.3. The average Bonchev–Trinajstić information content (AvgIpc) is 3.25. The van der Waals surface area contributed by atoms with E-state index in [0.717, 1.165) is 18.2 Å². The van der Waals surface area contributed by atoms with Crippen molar-refractivity contribution in [3.8, 4) is 5.75 Å². The maximum absolute atomic E-state index is 15.0. The number of hydroxylamine groups is 1. The third-order valence-corrected chi connectivity index (χ3v) is 16.7. The summed E-state index contributed by atoms with van der Waals surface area (Å²) < 4.78 is 287. The van der Waals surface area contributed by atoms with Crippen LogP contribution in [0.15, 0.2) is 66.3 Å². The fourth-order valence-electron chi connectivity index (χ4n) is 6.91. The second-order valence-corrected chi connectivity index (χ2v) is 21.4. The van der Waals surface area contributed by atoms with Gasteiger partial charge in [0.05, 0.1) is 18.4 Å². The van der Waals surface area contributed by atoms with Crippen LogP contribution >= 0.6 is 0 Å². The molecule has 0 unspecified atom stereocenters. The monoisotopic (exact) mass is 1080 g/mol. The number of rotatable bonds is 26. The molecule has 9 nitrogen and oxygen atoms in total. The Labute approximate surface area is 393 Å². The topological polar surface area (TPSA) is 115 Å². The van der Waals surface area contributed by atoms with Crippen molar-refractivity contribution < 1.29 is 117 Å². The van der Waals surface area contributed by atoms with Crippen LogP contribution in [0.5, 0.6) is 5.75 Å². The normalized spacial score (nSPS) is 15.1. The van der Waals surface area contributed by atoms with Crippen LogP contribution < -0.4 is 15.5 Å². The number of carbonyl (C=O) groups is 2. The van der Waals surface area contributed by atoms with Crippen LogP contribution in [-0.4, -0.2) is 99.6 Å². The number of methoxy groups -OCH3 is 1. The van der Waals surface area contributed by atoms with Crippen molar-refractivity contribution in [3.63, 3.8) is 0 Å². The van der Waals surface area contributed by atoms with Gasteiger partial charge in [0.2, 0.25) is 0 Å². The van der Waals surface area contributed by atoms with Gasteiger partial charge in [-0.25, -0.2) is 19.1 Å². The van der Waals surface area contributed by atoms with E-state index in [9.17, 15) is 84.2 Å². The number of hydrogen-bond donors (Lipinski definition) is 3. The molecule has 29 heteroatoms. The fourth-order valence-corrected chi connectivity index (χ4v) is 11.4. The molecule has 0 radical (unpaired) electrons. The highest BCUT2D eigenvalue weighted by Gasteiger charge is 2.95. The molecular formula is C42H47F19N2O7Si. The number of hydrogen-bond acceptors (Lipinski definition) is 7. The van der Waals surface area contributed by atoms with E-state index in [4.69, 9.17) is 23.8 Å². The average molecular weight is 1080 g/mol. The van der Waals surface area contributed by atoms with Gasteiger partial charge in [-0.2, -0.15) is 74.6 Å². The van der Waals surface area contributed by atoms with Crippen LogP contribution in [0.4, 0.5) is 93.9 Å². The molecule has 0 aromatic heterocycles. The summed E-state index contributed by atoms with van der Waals surface area (Å²) in [5.41, 5.74) is -0.258. The fraction of sp³-hybridized carbons (Fsp3) is 0.571. The van der Waals surface area contributed by atoms with Crippen LogP contribution in [0, 0.1) is 11.6 Å². The number of nitrogens with one attached hydrogen (secondary N) is 2. The van der Waals surface area contributed by atoms with Gasteiger partial charge in [0.25, 0.3) is 5.91 Å². The lowest BCUT2D eigenvalue weighted by Gasteiger charge is -2.44. The van der Waals surface area contributed by atoms with Crippen molar-refractivity contribution in [3.05, 3.63) is 83.5 Å². The number of benzene rings is 2. The summed E-state index contributed by atoms with van der Waals surface area (Å²) in [5.74, 6) is -59.9. The zero-order valence-corrected chi connectivity index (χ0v) is 38.9. The van der Waals surface area contributed by atoms with Crippen LogP contribution in [0.1, 0.15) is 65.5 Å². The van der Waals surface area contributed by atoms with Gasteiger partial charge in [0, 0.05) is 25.7 Å². The van der Waals surface area contributed by atoms with Gasteiger partial charge in [-0.1, -0.05) is 52.0 Å². The molecular weight excluding hydrogens is 1030 g/mol. The number of anilines is 1. The molecule has 0 aliphatic carbocycles. The number of alkyl halides is 17. The van der Waals surface area contributed by atoms with Gasteiger partial charge in [0.1, 0.15) is 24.0 Å². The van der Waals surface area contributed by atoms with Gasteiger partial charge < -0.3 is 18.6 Å². The van der Waals surface area contributed by atoms with Gasteiger partial charge in [-0.15, -0.1) is 0 Å². The Bertz CT molecular complexity index is 2150. The lowest BCUT2D eigenvalue weighted by molar-refractivity contribution is -0.461. The van der Waals surface area contributed by atoms with Gasteiger partial charge in [-0.3, -0.25) is 15.3 Å². The summed E-state index contributed by atoms with van der Waals surface area (Å²) >= 11 is 0. The molecule has 2 atom stereocenters. The second-order valence-electron chi connectivity index (χ2n) is 16.4. The first-order valence-corrected chi connectivity index (χ1v) is 22.9. The summed E-state index contributed by atoms with van der Waals surface area (Å²) in [4.78, 5) is 24.3. The van der Waals surface area contributed by atoms with Crippen LogP contribution in [0.25, 0.3) is 0 Å². The van der Waals surface area contributed by atoms with E-state index in [2.05, 4.69) is 5.32 Å². The molecule has 0 saturated carbocycles. The second kappa shape index (κ2) is 23.4. The van der Waals surface area contributed by atoms with Crippen molar-refractivity contribution in [2.45, 2.75) is 131 Å². The molecule has 3 N–H and O–H groups in total. The summed E-state index contributed by atoms with van der Waals surface area (Å²) in [7, 11) is -2.82. The first-order valence-electron chi connectivity index (χ1n) is 20.6. The van der Waals surface area contributed by atoms with Gasteiger partial charge >= 0.3 is 53.7 Å². The summed E-state index contributed by atoms with van der Waals surface area (Å²) in [6.07, 6.45) is -9.34. The number of amides is 2. The molecule has 71 heavy (non-hydrogen) atoms.